The molecular formula is C26H25ClN2OS2. The Kier molecular flexibility index (Phi) is 5.68. The largest absolute Gasteiger partial charge is 0.268 e. The molecule has 0 bridgehead atoms. The molecule has 4 aromatic rings. The van der Waals surface area contributed by atoms with Crippen LogP contribution in [0.4, 0.5) is 0 Å². The van der Waals surface area contributed by atoms with Gasteiger partial charge in [0.2, 0.25) is 0 Å². The average Bonchev–Trinajstić information content (AvgIpc) is 3.34. The van der Waals surface area contributed by atoms with Gasteiger partial charge < -0.3 is 0 Å². The van der Waals surface area contributed by atoms with Gasteiger partial charge in [-0.15, -0.1) is 11.3 Å². The molecule has 2 heterocycles. The minimum absolute atomic E-state index is 0.0299. The second kappa shape index (κ2) is 8.36. The summed E-state index contributed by atoms with van der Waals surface area (Å²) >= 11 is 9.41. The van der Waals surface area contributed by atoms with Crippen molar-refractivity contribution in [3.63, 3.8) is 0 Å². The SMILES string of the molecule is CC(C)(C)c1ccc(CSc2nc3sc4c(c3c(=O)n2-c2ccc(Cl)cc2)CCC4)cc1. The number of aromatic nitrogens is 2. The van der Waals surface area contributed by atoms with Crippen molar-refractivity contribution < 1.29 is 0 Å². The number of benzene rings is 2. The van der Waals surface area contributed by atoms with Gasteiger partial charge in [-0.05, 0) is 65.6 Å². The monoisotopic (exact) mass is 480 g/mol. The van der Waals surface area contributed by atoms with E-state index in [9.17, 15) is 4.79 Å². The van der Waals surface area contributed by atoms with Gasteiger partial charge in [0.05, 0.1) is 11.1 Å². The standard InChI is InChI=1S/C26H25ClN2OS2/c1-26(2,3)17-9-7-16(8-10-17)15-31-25-28-23-22(20-5-4-6-21(20)32-23)24(30)29(25)19-13-11-18(27)12-14-19/h7-14H,4-6,15H2,1-3H3. The van der Waals surface area contributed by atoms with Crippen LogP contribution in [0.3, 0.4) is 0 Å². The van der Waals surface area contributed by atoms with Crippen LogP contribution in [-0.2, 0) is 24.0 Å². The molecule has 1 aliphatic carbocycles. The molecule has 0 spiro atoms. The Labute approximate surface area is 201 Å². The van der Waals surface area contributed by atoms with E-state index in [1.165, 1.54) is 21.6 Å². The molecule has 2 aromatic heterocycles. The Morgan fingerprint density at radius 2 is 1.78 bits per heavy atom. The Bertz CT molecular complexity index is 1350. The van der Waals surface area contributed by atoms with Gasteiger partial charge in [-0.3, -0.25) is 9.36 Å². The van der Waals surface area contributed by atoms with Crippen molar-refractivity contribution >= 4 is 44.9 Å². The lowest BCUT2D eigenvalue weighted by molar-refractivity contribution is 0.590. The highest BCUT2D eigenvalue weighted by atomic mass is 35.5. The summed E-state index contributed by atoms with van der Waals surface area (Å²) < 4.78 is 1.76. The van der Waals surface area contributed by atoms with Crippen LogP contribution < -0.4 is 5.56 Å². The van der Waals surface area contributed by atoms with E-state index in [2.05, 4.69) is 45.0 Å². The number of halogens is 1. The summed E-state index contributed by atoms with van der Waals surface area (Å²) in [6, 6.07) is 16.2. The van der Waals surface area contributed by atoms with Crippen molar-refractivity contribution in [2.45, 2.75) is 56.4 Å². The molecule has 2 aromatic carbocycles. The Morgan fingerprint density at radius 3 is 2.47 bits per heavy atom. The van der Waals surface area contributed by atoms with Gasteiger partial charge in [-0.2, -0.15) is 0 Å². The first kappa shape index (κ1) is 21.7. The summed E-state index contributed by atoms with van der Waals surface area (Å²) in [6.07, 6.45) is 3.15. The van der Waals surface area contributed by atoms with E-state index in [0.717, 1.165) is 46.1 Å². The van der Waals surface area contributed by atoms with Gasteiger partial charge in [0.15, 0.2) is 5.16 Å². The summed E-state index contributed by atoms with van der Waals surface area (Å²) in [5.41, 5.74) is 4.71. The quantitative estimate of drug-likeness (QED) is 0.229. The zero-order valence-electron chi connectivity index (χ0n) is 18.4. The molecule has 5 rings (SSSR count). The van der Waals surface area contributed by atoms with Crippen LogP contribution in [0.1, 0.15) is 48.8 Å². The molecule has 0 saturated carbocycles. The second-order valence-electron chi connectivity index (χ2n) is 9.28. The van der Waals surface area contributed by atoms with Gasteiger partial charge >= 0.3 is 0 Å². The lowest BCUT2D eigenvalue weighted by atomic mass is 9.87. The number of hydrogen-bond acceptors (Lipinski definition) is 4. The molecule has 1 aliphatic rings. The molecule has 6 heteroatoms. The molecule has 0 radical (unpaired) electrons. The molecule has 0 saturated heterocycles. The maximum Gasteiger partial charge on any atom is 0.267 e. The van der Waals surface area contributed by atoms with Crippen LogP contribution in [0.2, 0.25) is 5.02 Å². The summed E-state index contributed by atoms with van der Waals surface area (Å²) in [4.78, 5) is 20.9. The Morgan fingerprint density at radius 1 is 1.06 bits per heavy atom. The summed E-state index contributed by atoms with van der Waals surface area (Å²) in [5, 5.41) is 2.18. The number of thiophene rings is 1. The molecule has 32 heavy (non-hydrogen) atoms. The number of nitrogens with zero attached hydrogens (tertiary/aromatic N) is 2. The minimum atomic E-state index is 0.0299. The molecule has 0 aliphatic heterocycles. The van der Waals surface area contributed by atoms with Crippen LogP contribution in [0.15, 0.2) is 58.5 Å². The highest BCUT2D eigenvalue weighted by molar-refractivity contribution is 7.98. The van der Waals surface area contributed by atoms with Crippen molar-refractivity contribution in [3.8, 4) is 5.69 Å². The predicted octanol–water partition coefficient (Wildman–Crippen LogP) is 7.18. The number of hydrogen-bond donors (Lipinski definition) is 0. The van der Waals surface area contributed by atoms with Gasteiger partial charge in [-0.1, -0.05) is 68.4 Å². The first-order valence-electron chi connectivity index (χ1n) is 10.9. The maximum absolute atomic E-state index is 13.7. The molecule has 0 atom stereocenters. The summed E-state index contributed by atoms with van der Waals surface area (Å²) in [7, 11) is 0. The third-order valence-electron chi connectivity index (χ3n) is 5.98. The molecule has 0 fully saturated rings. The van der Waals surface area contributed by atoms with Crippen LogP contribution in [0.25, 0.3) is 15.9 Å². The fourth-order valence-electron chi connectivity index (χ4n) is 4.19. The second-order valence-corrected chi connectivity index (χ2v) is 11.7. The van der Waals surface area contributed by atoms with Crippen molar-refractivity contribution in [3.05, 3.63) is 85.5 Å². The predicted molar refractivity (Wildman–Crippen MR) is 137 cm³/mol. The normalized spacial score (nSPS) is 13.6. The molecule has 164 valence electrons. The fraction of sp³-hybridized carbons (Fsp3) is 0.308. The van der Waals surface area contributed by atoms with Crippen LogP contribution in [0.5, 0.6) is 0 Å². The average molecular weight is 481 g/mol. The van der Waals surface area contributed by atoms with E-state index < -0.39 is 0 Å². The topological polar surface area (TPSA) is 34.9 Å². The van der Waals surface area contributed by atoms with Gasteiger partial charge in [0, 0.05) is 15.7 Å². The smallest absolute Gasteiger partial charge is 0.267 e. The molecule has 3 nitrogen and oxygen atoms in total. The highest BCUT2D eigenvalue weighted by Gasteiger charge is 2.24. The maximum atomic E-state index is 13.7. The lowest BCUT2D eigenvalue weighted by Gasteiger charge is -2.19. The number of rotatable bonds is 4. The van der Waals surface area contributed by atoms with Crippen molar-refractivity contribution in [1.82, 2.24) is 9.55 Å². The lowest BCUT2D eigenvalue weighted by Crippen LogP contribution is -2.21. The highest BCUT2D eigenvalue weighted by Crippen LogP contribution is 2.36. The Hall–Kier alpha value is -2.08. The van der Waals surface area contributed by atoms with Gasteiger partial charge in [-0.25, -0.2) is 4.98 Å². The van der Waals surface area contributed by atoms with Crippen molar-refractivity contribution in [2.75, 3.05) is 0 Å². The van der Waals surface area contributed by atoms with Gasteiger partial charge in [0.25, 0.3) is 5.56 Å². The summed E-state index contributed by atoms with van der Waals surface area (Å²) in [6.45, 7) is 6.66. The van der Waals surface area contributed by atoms with E-state index in [-0.39, 0.29) is 11.0 Å². The van der Waals surface area contributed by atoms with Gasteiger partial charge in [0.1, 0.15) is 4.83 Å². The first-order chi connectivity index (χ1) is 15.3. The third kappa shape index (κ3) is 4.02. The summed E-state index contributed by atoms with van der Waals surface area (Å²) in [5.74, 6) is 0.751. The minimum Gasteiger partial charge on any atom is -0.268 e. The molecule has 0 N–H and O–H groups in total. The van der Waals surface area contributed by atoms with E-state index in [4.69, 9.17) is 16.6 Å². The molecular weight excluding hydrogens is 456 g/mol. The van der Waals surface area contributed by atoms with Crippen LogP contribution >= 0.6 is 34.7 Å². The van der Waals surface area contributed by atoms with E-state index in [1.807, 2.05) is 24.3 Å². The van der Waals surface area contributed by atoms with Crippen LogP contribution in [0, 0.1) is 0 Å². The molecule has 0 amide bonds. The Balaban J connectivity index is 1.56. The van der Waals surface area contributed by atoms with Crippen molar-refractivity contribution in [1.29, 1.82) is 0 Å². The fourth-order valence-corrected chi connectivity index (χ4v) is 6.59. The third-order valence-corrected chi connectivity index (χ3v) is 8.43. The first-order valence-corrected chi connectivity index (χ1v) is 13.0. The number of aryl methyl sites for hydroxylation is 2. The number of fused-ring (bicyclic) bond motifs is 3. The van der Waals surface area contributed by atoms with E-state index >= 15 is 0 Å². The van der Waals surface area contributed by atoms with Crippen LogP contribution in [-0.4, -0.2) is 9.55 Å². The zero-order valence-corrected chi connectivity index (χ0v) is 20.8. The van der Waals surface area contributed by atoms with Crippen molar-refractivity contribution in [2.24, 2.45) is 0 Å². The zero-order chi connectivity index (χ0) is 22.5. The number of thioether (sulfide) groups is 1. The van der Waals surface area contributed by atoms with E-state index in [1.54, 1.807) is 27.7 Å². The molecule has 0 unspecified atom stereocenters. The van der Waals surface area contributed by atoms with E-state index in [0.29, 0.717) is 5.02 Å².